The molecule has 0 saturated carbocycles. The molecule has 1 aliphatic rings. The van der Waals surface area contributed by atoms with E-state index in [1.807, 2.05) is 18.3 Å². The van der Waals surface area contributed by atoms with E-state index in [1.54, 1.807) is 0 Å². The van der Waals surface area contributed by atoms with Crippen molar-refractivity contribution in [3.63, 3.8) is 0 Å². The first kappa shape index (κ1) is 7.19. The number of rotatable bonds is 1. The van der Waals surface area contributed by atoms with Crippen molar-refractivity contribution in [3.8, 4) is 0 Å². The molecular formula is C8H14N2. The lowest BCUT2D eigenvalue weighted by molar-refractivity contribution is 0.374. The lowest BCUT2D eigenvalue weighted by Gasteiger charge is -2.21. The minimum absolute atomic E-state index is 0.612. The summed E-state index contributed by atoms with van der Waals surface area (Å²) < 4.78 is 0. The summed E-state index contributed by atoms with van der Waals surface area (Å²) in [4.78, 5) is 0. The van der Waals surface area contributed by atoms with Gasteiger partial charge in [0.25, 0.3) is 0 Å². The predicted octanol–water partition coefficient (Wildman–Crippen LogP) is 1.49. The minimum atomic E-state index is 0.612. The Labute approximate surface area is 62.2 Å². The number of allylic oxidation sites excluding steroid dienone is 2. The Balaban J connectivity index is 2.66. The molecule has 0 fully saturated rings. The topological polar surface area (TPSA) is 15.3 Å². The Morgan fingerprint density at radius 3 is 2.60 bits per heavy atom. The van der Waals surface area contributed by atoms with Crippen LogP contribution < -0.4 is 5.43 Å². The van der Waals surface area contributed by atoms with Crippen LogP contribution in [0.25, 0.3) is 0 Å². The third-order valence-corrected chi connectivity index (χ3v) is 1.56. The Hall–Kier alpha value is -0.920. The quantitative estimate of drug-likeness (QED) is 0.590. The smallest absolute Gasteiger partial charge is 0.0274 e. The van der Waals surface area contributed by atoms with Crippen LogP contribution >= 0.6 is 0 Å². The van der Waals surface area contributed by atoms with E-state index in [9.17, 15) is 0 Å². The van der Waals surface area contributed by atoms with Crippen LogP contribution in [-0.2, 0) is 0 Å². The molecule has 0 aromatic heterocycles. The van der Waals surface area contributed by atoms with Crippen molar-refractivity contribution in [1.29, 1.82) is 0 Å². The van der Waals surface area contributed by atoms with Gasteiger partial charge in [-0.05, 0) is 17.6 Å². The van der Waals surface area contributed by atoms with Gasteiger partial charge in [-0.15, -0.1) is 0 Å². The zero-order valence-corrected chi connectivity index (χ0v) is 6.76. The Kier molecular flexibility index (Phi) is 2.00. The largest absolute Gasteiger partial charge is 0.306 e. The molecule has 0 aromatic rings. The first-order valence-corrected chi connectivity index (χ1v) is 3.57. The highest BCUT2D eigenvalue weighted by Crippen LogP contribution is 2.12. The van der Waals surface area contributed by atoms with Crippen molar-refractivity contribution in [1.82, 2.24) is 10.4 Å². The second kappa shape index (κ2) is 2.78. The van der Waals surface area contributed by atoms with Crippen LogP contribution in [0.15, 0.2) is 24.0 Å². The van der Waals surface area contributed by atoms with Gasteiger partial charge in [0, 0.05) is 19.4 Å². The lowest BCUT2D eigenvalue weighted by Crippen LogP contribution is -2.27. The van der Waals surface area contributed by atoms with E-state index in [4.69, 9.17) is 0 Å². The molecule has 0 aromatic carbocycles. The maximum atomic E-state index is 3.04. The van der Waals surface area contributed by atoms with E-state index in [-0.39, 0.29) is 0 Å². The molecular weight excluding hydrogens is 124 g/mol. The molecule has 0 aliphatic carbocycles. The molecule has 0 amide bonds. The van der Waals surface area contributed by atoms with Crippen molar-refractivity contribution in [2.75, 3.05) is 7.05 Å². The number of hydrogen-bond acceptors (Lipinski definition) is 2. The summed E-state index contributed by atoms with van der Waals surface area (Å²) in [7, 11) is 1.99. The summed E-state index contributed by atoms with van der Waals surface area (Å²) in [6.45, 7) is 4.38. The minimum Gasteiger partial charge on any atom is -0.306 e. The molecule has 0 unspecified atom stereocenters. The van der Waals surface area contributed by atoms with E-state index < -0.39 is 0 Å². The molecule has 0 radical (unpaired) electrons. The molecule has 10 heavy (non-hydrogen) atoms. The number of hydrogen-bond donors (Lipinski definition) is 1. The summed E-state index contributed by atoms with van der Waals surface area (Å²) >= 11 is 0. The summed E-state index contributed by atoms with van der Waals surface area (Å²) in [5, 5.41) is 1.95. The van der Waals surface area contributed by atoms with Crippen molar-refractivity contribution in [3.05, 3.63) is 24.0 Å². The zero-order valence-electron chi connectivity index (χ0n) is 6.76. The van der Waals surface area contributed by atoms with Crippen LogP contribution in [0.2, 0.25) is 0 Å². The van der Waals surface area contributed by atoms with Crippen molar-refractivity contribution < 1.29 is 0 Å². The Morgan fingerprint density at radius 2 is 2.20 bits per heavy atom. The van der Waals surface area contributed by atoms with E-state index in [1.165, 1.54) is 5.57 Å². The maximum absolute atomic E-state index is 3.04. The van der Waals surface area contributed by atoms with Crippen molar-refractivity contribution in [2.24, 2.45) is 5.92 Å². The molecule has 0 spiro atoms. The van der Waals surface area contributed by atoms with Crippen LogP contribution in [0, 0.1) is 5.92 Å². The molecule has 2 heteroatoms. The van der Waals surface area contributed by atoms with Gasteiger partial charge in [-0.1, -0.05) is 13.8 Å². The van der Waals surface area contributed by atoms with Gasteiger partial charge in [-0.25, -0.2) is 0 Å². The highest BCUT2D eigenvalue weighted by atomic mass is 15.5. The van der Waals surface area contributed by atoms with Crippen molar-refractivity contribution in [2.45, 2.75) is 13.8 Å². The lowest BCUT2D eigenvalue weighted by atomic mass is 10.0. The summed E-state index contributed by atoms with van der Waals surface area (Å²) in [6.07, 6.45) is 6.16. The van der Waals surface area contributed by atoms with E-state index in [0.717, 1.165) is 0 Å². The molecule has 0 bridgehead atoms. The first-order chi connectivity index (χ1) is 4.70. The van der Waals surface area contributed by atoms with Gasteiger partial charge < -0.3 is 5.43 Å². The fourth-order valence-electron chi connectivity index (χ4n) is 0.896. The number of nitrogens with one attached hydrogen (secondary N) is 1. The normalized spacial score (nSPS) is 17.2. The molecule has 2 nitrogen and oxygen atoms in total. The molecule has 1 heterocycles. The molecule has 1 rings (SSSR count). The Morgan fingerprint density at radius 1 is 1.50 bits per heavy atom. The van der Waals surface area contributed by atoms with Crippen molar-refractivity contribution >= 4 is 0 Å². The SMILES string of the molecule is CC(C)C1=CN(C)NC=C1. The average molecular weight is 138 g/mol. The van der Waals surface area contributed by atoms with Gasteiger partial charge in [0.15, 0.2) is 0 Å². The second-order valence-corrected chi connectivity index (χ2v) is 2.86. The average Bonchev–Trinajstić information content (AvgIpc) is 1.88. The number of nitrogens with zero attached hydrogens (tertiary/aromatic N) is 1. The van der Waals surface area contributed by atoms with Crippen LogP contribution in [0.3, 0.4) is 0 Å². The van der Waals surface area contributed by atoms with Crippen LogP contribution in [0.4, 0.5) is 0 Å². The zero-order chi connectivity index (χ0) is 7.56. The fraction of sp³-hybridized carbons (Fsp3) is 0.500. The predicted molar refractivity (Wildman–Crippen MR) is 43.0 cm³/mol. The highest BCUT2D eigenvalue weighted by Gasteiger charge is 2.02. The standard InChI is InChI=1S/C8H14N2/c1-7(2)8-4-5-9-10(3)6-8/h4-7,9H,1-3H3. The summed E-state index contributed by atoms with van der Waals surface area (Å²) in [5.74, 6) is 0.612. The summed E-state index contributed by atoms with van der Waals surface area (Å²) in [5.41, 5.74) is 4.41. The molecule has 1 N–H and O–H groups in total. The molecule has 0 saturated heterocycles. The van der Waals surface area contributed by atoms with Crippen LogP contribution in [0.1, 0.15) is 13.8 Å². The summed E-state index contributed by atoms with van der Waals surface area (Å²) in [6, 6.07) is 0. The van der Waals surface area contributed by atoms with Crippen LogP contribution in [-0.4, -0.2) is 12.1 Å². The van der Waals surface area contributed by atoms with E-state index in [0.29, 0.717) is 5.92 Å². The van der Waals surface area contributed by atoms with E-state index in [2.05, 4.69) is 31.5 Å². The monoisotopic (exact) mass is 138 g/mol. The third kappa shape index (κ3) is 1.53. The van der Waals surface area contributed by atoms with Gasteiger partial charge in [0.2, 0.25) is 0 Å². The molecule has 1 aliphatic heterocycles. The van der Waals surface area contributed by atoms with Gasteiger partial charge in [-0.2, -0.15) is 0 Å². The maximum Gasteiger partial charge on any atom is 0.0274 e. The van der Waals surface area contributed by atoms with E-state index >= 15 is 0 Å². The van der Waals surface area contributed by atoms with Gasteiger partial charge in [0.1, 0.15) is 0 Å². The second-order valence-electron chi connectivity index (χ2n) is 2.86. The number of hydrazine groups is 1. The third-order valence-electron chi connectivity index (χ3n) is 1.56. The molecule has 56 valence electrons. The van der Waals surface area contributed by atoms with Gasteiger partial charge in [0.05, 0.1) is 0 Å². The first-order valence-electron chi connectivity index (χ1n) is 3.57. The van der Waals surface area contributed by atoms with Gasteiger partial charge >= 0.3 is 0 Å². The van der Waals surface area contributed by atoms with Gasteiger partial charge in [-0.3, -0.25) is 5.01 Å². The fourth-order valence-corrected chi connectivity index (χ4v) is 0.896. The Bertz CT molecular complexity index is 168. The highest BCUT2D eigenvalue weighted by molar-refractivity contribution is 5.21. The molecule has 0 atom stereocenters. The van der Waals surface area contributed by atoms with Crippen LogP contribution in [0.5, 0.6) is 0 Å².